The van der Waals surface area contributed by atoms with E-state index in [4.69, 9.17) is 0 Å². The van der Waals surface area contributed by atoms with E-state index in [-0.39, 0.29) is 17.8 Å². The highest BCUT2D eigenvalue weighted by Crippen LogP contribution is 2.29. The summed E-state index contributed by atoms with van der Waals surface area (Å²) in [6, 6.07) is 14.4. The van der Waals surface area contributed by atoms with Crippen LogP contribution in [0.2, 0.25) is 0 Å². The van der Waals surface area contributed by atoms with Crippen molar-refractivity contribution in [2.75, 3.05) is 0 Å². The van der Waals surface area contributed by atoms with Crippen LogP contribution in [0.5, 0.6) is 0 Å². The van der Waals surface area contributed by atoms with E-state index < -0.39 is 0 Å². The molecule has 0 spiro atoms. The van der Waals surface area contributed by atoms with E-state index in [1.165, 1.54) is 29.3 Å². The van der Waals surface area contributed by atoms with Gasteiger partial charge in [0, 0.05) is 6.08 Å². The number of carbonyl (C=O) groups excluding carboxylic acids is 1. The van der Waals surface area contributed by atoms with Gasteiger partial charge in [-0.15, -0.1) is 0 Å². The number of rotatable bonds is 3. The molecule has 0 aliphatic heterocycles. The molecule has 3 heteroatoms. The summed E-state index contributed by atoms with van der Waals surface area (Å²) in [6.07, 6.45) is 6.33. The number of nitrogens with one attached hydrogen (secondary N) is 1. The van der Waals surface area contributed by atoms with E-state index in [1.807, 2.05) is 12.1 Å². The summed E-state index contributed by atoms with van der Waals surface area (Å²) < 4.78 is 12.8. The maximum Gasteiger partial charge on any atom is 0.244 e. The fourth-order valence-electron chi connectivity index (χ4n) is 2.87. The number of benzene rings is 2. The van der Waals surface area contributed by atoms with Gasteiger partial charge in [-0.05, 0) is 54.2 Å². The van der Waals surface area contributed by atoms with Crippen molar-refractivity contribution in [1.82, 2.24) is 5.32 Å². The van der Waals surface area contributed by atoms with Gasteiger partial charge >= 0.3 is 0 Å². The Labute approximate surface area is 129 Å². The predicted molar refractivity (Wildman–Crippen MR) is 85.7 cm³/mol. The Morgan fingerprint density at radius 3 is 2.73 bits per heavy atom. The average molecular weight is 295 g/mol. The van der Waals surface area contributed by atoms with Gasteiger partial charge in [-0.2, -0.15) is 0 Å². The molecule has 0 fully saturated rings. The molecule has 0 saturated heterocycles. The first kappa shape index (κ1) is 14.5. The van der Waals surface area contributed by atoms with E-state index >= 15 is 0 Å². The van der Waals surface area contributed by atoms with Gasteiger partial charge in [0.2, 0.25) is 5.91 Å². The summed E-state index contributed by atoms with van der Waals surface area (Å²) in [5, 5.41) is 3.06. The van der Waals surface area contributed by atoms with Crippen molar-refractivity contribution >= 4 is 12.0 Å². The van der Waals surface area contributed by atoms with Crippen molar-refractivity contribution in [3.63, 3.8) is 0 Å². The third kappa shape index (κ3) is 3.42. The molecule has 0 saturated carbocycles. The zero-order valence-electron chi connectivity index (χ0n) is 12.3. The standard InChI is InChI=1S/C19H18FNO/c20-16-11-8-14(9-12-16)10-13-19(22)21-18-7-3-5-15-4-1-2-6-17(15)18/h1-2,4,6,8-13,18H,3,5,7H2,(H,21,22)/b13-10+/t18-/m1/s1. The number of carbonyl (C=O) groups is 1. The van der Waals surface area contributed by atoms with Crippen LogP contribution >= 0.6 is 0 Å². The summed E-state index contributed by atoms with van der Waals surface area (Å²) >= 11 is 0. The zero-order valence-corrected chi connectivity index (χ0v) is 12.3. The fourth-order valence-corrected chi connectivity index (χ4v) is 2.87. The number of hydrogen-bond acceptors (Lipinski definition) is 1. The topological polar surface area (TPSA) is 29.1 Å². The molecule has 22 heavy (non-hydrogen) atoms. The molecule has 0 unspecified atom stereocenters. The summed E-state index contributed by atoms with van der Waals surface area (Å²) in [4.78, 5) is 12.1. The molecule has 0 heterocycles. The number of fused-ring (bicyclic) bond motifs is 1. The monoisotopic (exact) mass is 295 g/mol. The highest BCUT2D eigenvalue weighted by molar-refractivity contribution is 5.92. The molecule has 1 aliphatic carbocycles. The zero-order chi connectivity index (χ0) is 15.4. The van der Waals surface area contributed by atoms with Gasteiger partial charge in [0.05, 0.1) is 6.04 Å². The molecule has 1 amide bonds. The lowest BCUT2D eigenvalue weighted by Crippen LogP contribution is -2.29. The molecular weight excluding hydrogens is 277 g/mol. The fraction of sp³-hybridized carbons (Fsp3) is 0.211. The molecule has 0 aromatic heterocycles. The van der Waals surface area contributed by atoms with Crippen LogP contribution in [0.1, 0.15) is 35.6 Å². The van der Waals surface area contributed by atoms with Gasteiger partial charge in [-0.1, -0.05) is 36.4 Å². The van der Waals surface area contributed by atoms with Gasteiger partial charge in [0.1, 0.15) is 5.82 Å². The van der Waals surface area contributed by atoms with Crippen molar-refractivity contribution in [1.29, 1.82) is 0 Å². The second-order valence-electron chi connectivity index (χ2n) is 5.54. The molecule has 0 radical (unpaired) electrons. The smallest absolute Gasteiger partial charge is 0.244 e. The van der Waals surface area contributed by atoms with Crippen LogP contribution in [0.3, 0.4) is 0 Å². The second-order valence-corrected chi connectivity index (χ2v) is 5.54. The first-order valence-corrected chi connectivity index (χ1v) is 7.54. The summed E-state index contributed by atoms with van der Waals surface area (Å²) in [7, 11) is 0. The Kier molecular flexibility index (Phi) is 4.33. The number of halogens is 1. The molecule has 2 aromatic carbocycles. The minimum atomic E-state index is -0.277. The molecule has 2 aromatic rings. The molecular formula is C19H18FNO. The number of amides is 1. The molecule has 3 rings (SSSR count). The van der Waals surface area contributed by atoms with Crippen molar-refractivity contribution < 1.29 is 9.18 Å². The first-order chi connectivity index (χ1) is 10.7. The van der Waals surface area contributed by atoms with Crippen molar-refractivity contribution in [2.45, 2.75) is 25.3 Å². The summed E-state index contributed by atoms with van der Waals surface area (Å²) in [5.41, 5.74) is 3.35. The van der Waals surface area contributed by atoms with Gasteiger partial charge in [-0.25, -0.2) is 4.39 Å². The molecule has 1 atom stereocenters. The van der Waals surface area contributed by atoms with Gasteiger partial charge in [-0.3, -0.25) is 4.79 Å². The highest BCUT2D eigenvalue weighted by atomic mass is 19.1. The Morgan fingerprint density at radius 2 is 1.91 bits per heavy atom. The Hall–Kier alpha value is -2.42. The van der Waals surface area contributed by atoms with Crippen molar-refractivity contribution in [3.05, 3.63) is 77.1 Å². The third-order valence-electron chi connectivity index (χ3n) is 3.98. The molecule has 0 bridgehead atoms. The van der Waals surface area contributed by atoms with E-state index in [0.717, 1.165) is 24.8 Å². The second kappa shape index (κ2) is 6.56. The normalized spacial score (nSPS) is 17.2. The van der Waals surface area contributed by atoms with Crippen LogP contribution in [0.25, 0.3) is 6.08 Å². The van der Waals surface area contributed by atoms with Crippen LogP contribution < -0.4 is 5.32 Å². The van der Waals surface area contributed by atoms with E-state index in [2.05, 4.69) is 17.4 Å². The summed E-state index contributed by atoms with van der Waals surface area (Å²) in [5.74, 6) is -0.397. The third-order valence-corrected chi connectivity index (χ3v) is 3.98. The Morgan fingerprint density at radius 1 is 1.14 bits per heavy atom. The lowest BCUT2D eigenvalue weighted by Gasteiger charge is -2.25. The van der Waals surface area contributed by atoms with E-state index in [9.17, 15) is 9.18 Å². The average Bonchev–Trinajstić information content (AvgIpc) is 2.55. The van der Waals surface area contributed by atoms with E-state index in [0.29, 0.717) is 0 Å². The van der Waals surface area contributed by atoms with Crippen molar-refractivity contribution in [2.24, 2.45) is 0 Å². The molecule has 1 aliphatic rings. The molecule has 1 N–H and O–H groups in total. The maximum absolute atomic E-state index is 12.8. The Bertz CT molecular complexity index is 691. The van der Waals surface area contributed by atoms with Crippen LogP contribution in [0, 0.1) is 5.82 Å². The SMILES string of the molecule is O=C(/C=C/c1ccc(F)cc1)N[C@@H]1CCCc2ccccc21. The quantitative estimate of drug-likeness (QED) is 0.851. The number of hydrogen-bond donors (Lipinski definition) is 1. The van der Waals surface area contributed by atoms with Gasteiger partial charge in [0.25, 0.3) is 0 Å². The van der Waals surface area contributed by atoms with Crippen LogP contribution in [-0.4, -0.2) is 5.91 Å². The minimum Gasteiger partial charge on any atom is -0.346 e. The van der Waals surface area contributed by atoms with Crippen LogP contribution in [-0.2, 0) is 11.2 Å². The summed E-state index contributed by atoms with van der Waals surface area (Å²) in [6.45, 7) is 0. The van der Waals surface area contributed by atoms with Crippen LogP contribution in [0.15, 0.2) is 54.6 Å². The molecule has 112 valence electrons. The lowest BCUT2D eigenvalue weighted by molar-refractivity contribution is -0.117. The van der Waals surface area contributed by atoms with E-state index in [1.54, 1.807) is 18.2 Å². The van der Waals surface area contributed by atoms with Gasteiger partial charge < -0.3 is 5.32 Å². The van der Waals surface area contributed by atoms with Gasteiger partial charge in [0.15, 0.2) is 0 Å². The Balaban J connectivity index is 1.66. The first-order valence-electron chi connectivity index (χ1n) is 7.54. The minimum absolute atomic E-state index is 0.0790. The maximum atomic E-state index is 12.8. The lowest BCUT2D eigenvalue weighted by atomic mass is 9.88. The molecule has 2 nitrogen and oxygen atoms in total. The highest BCUT2D eigenvalue weighted by Gasteiger charge is 2.20. The number of aryl methyl sites for hydroxylation is 1. The predicted octanol–water partition coefficient (Wildman–Crippen LogP) is 4.03. The largest absolute Gasteiger partial charge is 0.346 e. The van der Waals surface area contributed by atoms with Crippen LogP contribution in [0.4, 0.5) is 4.39 Å². The van der Waals surface area contributed by atoms with Crippen molar-refractivity contribution in [3.8, 4) is 0 Å².